The van der Waals surface area contributed by atoms with Crippen LogP contribution in [0.3, 0.4) is 0 Å². The Bertz CT molecular complexity index is 555. The zero-order chi connectivity index (χ0) is 18.5. The Morgan fingerprint density at radius 1 is 0.786 bits per heavy atom. The van der Waals surface area contributed by atoms with Gasteiger partial charge in [0.1, 0.15) is 0 Å². The van der Waals surface area contributed by atoms with Crippen molar-refractivity contribution in [3.8, 4) is 0 Å². The summed E-state index contributed by atoms with van der Waals surface area (Å²) in [6.45, 7) is 2.39. The van der Waals surface area contributed by atoms with E-state index in [-0.39, 0.29) is 17.7 Å². The Hall–Kier alpha value is -0.990. The van der Waals surface area contributed by atoms with Crippen molar-refractivity contribution in [2.75, 3.05) is 0 Å². The summed E-state index contributed by atoms with van der Waals surface area (Å²) in [6, 6.07) is 2.27. The highest BCUT2D eigenvalue weighted by Crippen LogP contribution is 2.42. The van der Waals surface area contributed by atoms with Gasteiger partial charge in [0.2, 0.25) is 0 Å². The fraction of sp³-hybridized carbons (Fsp3) is 0.760. The summed E-state index contributed by atoms with van der Waals surface area (Å²) in [7, 11) is 0. The zero-order valence-corrected chi connectivity index (χ0v) is 16.1. The van der Waals surface area contributed by atoms with Crippen molar-refractivity contribution in [1.82, 2.24) is 0 Å². The molecule has 0 amide bonds. The first kappa shape index (κ1) is 25.0. The number of hydrogen-bond acceptors (Lipinski definition) is 0. The monoisotopic (exact) mass is 402 g/mol. The number of hydrogen-bond donors (Lipinski definition) is 0. The number of benzene rings is 1. The van der Waals surface area contributed by atoms with E-state index in [1.54, 1.807) is 0 Å². The molecule has 1 aromatic rings. The molecule has 0 saturated heterocycles. The SMILES string of the molecule is C.C.CC1CCC(C2CCC(CCCCc3cc(F)c(F)c(F)c3)CC2)CC1.[HH].[HH]. The van der Waals surface area contributed by atoms with Crippen molar-refractivity contribution in [2.45, 2.75) is 98.8 Å². The molecule has 0 aromatic heterocycles. The van der Waals surface area contributed by atoms with Crippen LogP contribution < -0.4 is 0 Å². The van der Waals surface area contributed by atoms with Crippen molar-refractivity contribution in [1.29, 1.82) is 0 Å². The minimum Gasteiger partial charge on any atom is -0.204 e. The Kier molecular flexibility index (Phi) is 10.6. The fourth-order valence-electron chi connectivity index (χ4n) is 5.22. The molecule has 2 saturated carbocycles. The molecule has 0 heterocycles. The number of rotatable bonds is 6. The first-order valence-corrected chi connectivity index (χ1v) is 10.7. The van der Waals surface area contributed by atoms with Gasteiger partial charge in [-0.1, -0.05) is 60.3 Å². The van der Waals surface area contributed by atoms with Gasteiger partial charge >= 0.3 is 0 Å². The van der Waals surface area contributed by atoms with E-state index < -0.39 is 17.5 Å². The normalized spacial score (nSPS) is 27.6. The molecular weight excluding hydrogens is 357 g/mol. The van der Waals surface area contributed by atoms with Crippen molar-refractivity contribution < 1.29 is 16.0 Å². The van der Waals surface area contributed by atoms with Crippen LogP contribution in [0.15, 0.2) is 12.1 Å². The highest BCUT2D eigenvalue weighted by Gasteiger charge is 2.29. The second-order valence-electron chi connectivity index (χ2n) is 8.92. The molecule has 0 bridgehead atoms. The highest BCUT2D eigenvalue weighted by molar-refractivity contribution is 5.19. The van der Waals surface area contributed by atoms with Crippen LogP contribution in [-0.4, -0.2) is 0 Å². The molecule has 0 atom stereocenters. The van der Waals surface area contributed by atoms with Crippen LogP contribution in [0.5, 0.6) is 0 Å². The summed E-state index contributed by atoms with van der Waals surface area (Å²) in [4.78, 5) is 0. The number of aryl methyl sites for hydroxylation is 1. The summed E-state index contributed by atoms with van der Waals surface area (Å²) in [5, 5.41) is 0. The van der Waals surface area contributed by atoms with E-state index in [1.165, 1.54) is 57.8 Å². The first-order valence-electron chi connectivity index (χ1n) is 10.7. The van der Waals surface area contributed by atoms with Crippen LogP contribution >= 0.6 is 0 Å². The minimum absolute atomic E-state index is 0. The zero-order valence-electron chi connectivity index (χ0n) is 16.1. The average molecular weight is 403 g/mol. The van der Waals surface area contributed by atoms with Gasteiger partial charge in [-0.05, 0) is 79.9 Å². The van der Waals surface area contributed by atoms with Gasteiger partial charge in [-0.15, -0.1) is 0 Å². The Morgan fingerprint density at radius 3 is 1.82 bits per heavy atom. The third kappa shape index (κ3) is 6.81. The molecule has 3 heteroatoms. The van der Waals surface area contributed by atoms with Gasteiger partial charge in [0, 0.05) is 2.85 Å². The third-order valence-corrected chi connectivity index (χ3v) is 6.99. The second-order valence-corrected chi connectivity index (χ2v) is 8.92. The topological polar surface area (TPSA) is 0 Å². The lowest BCUT2D eigenvalue weighted by Gasteiger charge is -2.37. The third-order valence-electron chi connectivity index (χ3n) is 6.99. The van der Waals surface area contributed by atoms with Crippen molar-refractivity contribution in [2.24, 2.45) is 23.7 Å². The molecule has 28 heavy (non-hydrogen) atoms. The number of halogens is 3. The van der Waals surface area contributed by atoms with Crippen LogP contribution in [0.1, 0.15) is 101 Å². The van der Waals surface area contributed by atoms with Gasteiger partial charge in [0.05, 0.1) is 0 Å². The van der Waals surface area contributed by atoms with Gasteiger partial charge in [0.15, 0.2) is 17.5 Å². The van der Waals surface area contributed by atoms with E-state index >= 15 is 0 Å². The van der Waals surface area contributed by atoms with E-state index in [0.29, 0.717) is 12.0 Å². The van der Waals surface area contributed by atoms with E-state index in [2.05, 4.69) is 6.92 Å². The predicted octanol–water partition coefficient (Wildman–Crippen LogP) is 9.21. The molecule has 0 spiro atoms. The Labute approximate surface area is 174 Å². The molecule has 1 aromatic carbocycles. The standard InChI is InChI=1S/C23H33F3.2CH4.2H2/c1-16-6-10-19(11-7-16)20-12-8-17(9-13-20)4-2-3-5-18-14-21(24)23(26)22(25)15-18;;;;/h14-17,19-20H,2-13H2,1H3;2*1H4;2*1H. The molecule has 0 N–H and O–H groups in total. The van der Waals surface area contributed by atoms with Crippen LogP contribution in [0.25, 0.3) is 0 Å². The molecule has 3 rings (SSSR count). The maximum Gasteiger partial charge on any atom is 0.194 e. The average Bonchev–Trinajstić information content (AvgIpc) is 2.64. The quantitative estimate of drug-likeness (QED) is 0.328. The molecule has 0 radical (unpaired) electrons. The van der Waals surface area contributed by atoms with E-state index in [4.69, 9.17) is 0 Å². The number of unbranched alkanes of at least 4 members (excludes halogenated alkanes) is 1. The minimum atomic E-state index is -1.36. The van der Waals surface area contributed by atoms with E-state index in [9.17, 15) is 13.2 Å². The summed E-state index contributed by atoms with van der Waals surface area (Å²) < 4.78 is 39.5. The molecule has 0 unspecified atom stereocenters. The van der Waals surface area contributed by atoms with Gasteiger partial charge in [-0.25, -0.2) is 13.2 Å². The molecule has 2 aliphatic rings. The van der Waals surface area contributed by atoms with Gasteiger partial charge in [0.25, 0.3) is 0 Å². The van der Waals surface area contributed by atoms with E-state index in [1.807, 2.05) is 0 Å². The highest BCUT2D eigenvalue weighted by atomic mass is 19.2. The smallest absolute Gasteiger partial charge is 0.194 e. The summed E-state index contributed by atoms with van der Waals surface area (Å²) in [6.07, 6.45) is 15.1. The van der Waals surface area contributed by atoms with Gasteiger partial charge in [-0.2, -0.15) is 0 Å². The molecule has 166 valence electrons. The molecule has 2 fully saturated rings. The van der Waals surface area contributed by atoms with Crippen LogP contribution in [-0.2, 0) is 6.42 Å². The summed E-state index contributed by atoms with van der Waals surface area (Å²) in [5.41, 5.74) is 0.566. The van der Waals surface area contributed by atoms with Crippen LogP contribution in [0.4, 0.5) is 13.2 Å². The largest absolute Gasteiger partial charge is 0.204 e. The van der Waals surface area contributed by atoms with Crippen molar-refractivity contribution in [3.63, 3.8) is 0 Å². The second kappa shape index (κ2) is 11.9. The maximum absolute atomic E-state index is 13.2. The fourth-order valence-corrected chi connectivity index (χ4v) is 5.22. The summed E-state index contributed by atoms with van der Waals surface area (Å²) in [5.74, 6) is 0.198. The van der Waals surface area contributed by atoms with Crippen molar-refractivity contribution in [3.05, 3.63) is 35.1 Å². The van der Waals surface area contributed by atoms with Crippen molar-refractivity contribution >= 4 is 0 Å². The molecule has 0 aliphatic heterocycles. The van der Waals surface area contributed by atoms with Gasteiger partial charge in [-0.3, -0.25) is 0 Å². The molecule has 2 aliphatic carbocycles. The summed E-state index contributed by atoms with van der Waals surface area (Å²) >= 11 is 0. The Balaban J connectivity index is 0. The van der Waals surface area contributed by atoms with Crippen LogP contribution in [0.2, 0.25) is 0 Å². The lowest BCUT2D eigenvalue weighted by Crippen LogP contribution is -2.25. The first-order chi connectivity index (χ1) is 12.5. The Morgan fingerprint density at radius 2 is 1.29 bits per heavy atom. The van der Waals surface area contributed by atoms with Crippen LogP contribution in [0, 0.1) is 41.1 Å². The van der Waals surface area contributed by atoms with E-state index in [0.717, 1.165) is 48.6 Å². The maximum atomic E-state index is 13.2. The van der Waals surface area contributed by atoms with Gasteiger partial charge < -0.3 is 0 Å². The lowest BCUT2D eigenvalue weighted by molar-refractivity contribution is 0.146. The molecular formula is C25H45F3. The molecule has 0 nitrogen and oxygen atoms in total. The predicted molar refractivity (Wildman–Crippen MR) is 118 cm³/mol. The lowest BCUT2D eigenvalue weighted by atomic mass is 9.69.